The molecular weight excluding hydrogens is 542 g/mol. The van der Waals surface area contributed by atoms with Crippen LogP contribution in [0.3, 0.4) is 0 Å². The summed E-state index contributed by atoms with van der Waals surface area (Å²) in [4.78, 5) is 45.8. The molecule has 3 aromatic rings. The number of sulfone groups is 1. The van der Waals surface area contributed by atoms with E-state index in [9.17, 15) is 22.8 Å². The largest absolute Gasteiger partial charge is 0.387 e. The van der Waals surface area contributed by atoms with Gasteiger partial charge >= 0.3 is 5.69 Å². The van der Waals surface area contributed by atoms with E-state index in [1.807, 2.05) is 43.0 Å². The smallest absolute Gasteiger partial charge is 0.331 e. The molecule has 1 aliphatic rings. The molecule has 218 valence electrons. The quantitative estimate of drug-likeness (QED) is 0.392. The number of fused-ring (bicyclic) bond motifs is 2. The lowest BCUT2D eigenvalue weighted by molar-refractivity contribution is -0.127. The van der Waals surface area contributed by atoms with E-state index < -0.39 is 21.1 Å². The van der Waals surface area contributed by atoms with Crippen LogP contribution in [-0.4, -0.2) is 59.3 Å². The number of benzene rings is 2. The Morgan fingerprint density at radius 3 is 2.37 bits per heavy atom. The fourth-order valence-electron chi connectivity index (χ4n) is 5.13. The summed E-state index contributed by atoms with van der Waals surface area (Å²) < 4.78 is 25.5. The Labute approximate surface area is 239 Å². The number of aryl methyl sites for hydroxylation is 1. The zero-order chi connectivity index (χ0) is 29.9. The Balaban J connectivity index is 1.71. The number of rotatable bonds is 10. The van der Waals surface area contributed by atoms with Crippen molar-refractivity contribution in [2.45, 2.75) is 46.1 Å². The fraction of sp³-hybridized carbons (Fsp3) is 0.400. The normalized spacial score (nSPS) is 13.4. The van der Waals surface area contributed by atoms with E-state index in [0.29, 0.717) is 41.1 Å². The van der Waals surface area contributed by atoms with Crippen molar-refractivity contribution >= 4 is 44.2 Å². The highest BCUT2D eigenvalue weighted by atomic mass is 32.2. The highest BCUT2D eigenvalue weighted by Gasteiger charge is 2.21. The third kappa shape index (κ3) is 6.67. The SMILES string of the molecule is CCCN(CCC)C(=O)C1=Cc2ccc(-c3ccc4c(=O)n(CCCS(C)(=O)=O)c(=O)n(C)c4c3)cc2N=C(N)C1. The molecule has 0 saturated carbocycles. The van der Waals surface area contributed by atoms with Crippen LogP contribution in [-0.2, 0) is 28.2 Å². The summed E-state index contributed by atoms with van der Waals surface area (Å²) in [6.07, 6.45) is 5.17. The van der Waals surface area contributed by atoms with Crippen molar-refractivity contribution in [2.24, 2.45) is 17.8 Å². The van der Waals surface area contributed by atoms with Crippen LogP contribution in [0, 0.1) is 0 Å². The van der Waals surface area contributed by atoms with Gasteiger partial charge in [-0.1, -0.05) is 32.0 Å². The Morgan fingerprint density at radius 1 is 1.05 bits per heavy atom. The first-order valence-electron chi connectivity index (χ1n) is 13.8. The van der Waals surface area contributed by atoms with E-state index >= 15 is 0 Å². The Kier molecular flexibility index (Phi) is 8.96. The van der Waals surface area contributed by atoms with E-state index in [2.05, 4.69) is 4.99 Å². The predicted octanol–water partition coefficient (Wildman–Crippen LogP) is 3.23. The number of carbonyl (C=O) groups is 1. The summed E-state index contributed by atoms with van der Waals surface area (Å²) in [6.45, 7) is 5.48. The van der Waals surface area contributed by atoms with E-state index in [0.717, 1.165) is 40.4 Å². The molecule has 0 atom stereocenters. The molecule has 0 spiro atoms. The lowest BCUT2D eigenvalue weighted by Crippen LogP contribution is -2.39. The second kappa shape index (κ2) is 12.3. The Hall–Kier alpha value is -3.99. The third-order valence-electron chi connectivity index (χ3n) is 7.13. The summed E-state index contributed by atoms with van der Waals surface area (Å²) in [7, 11) is -1.61. The zero-order valence-corrected chi connectivity index (χ0v) is 24.8. The zero-order valence-electron chi connectivity index (χ0n) is 24.0. The average Bonchev–Trinajstić information content (AvgIpc) is 3.09. The second-order valence-corrected chi connectivity index (χ2v) is 12.8. The molecule has 4 rings (SSSR count). The lowest BCUT2D eigenvalue weighted by atomic mass is 10.00. The van der Waals surface area contributed by atoms with Gasteiger partial charge in [0.15, 0.2) is 0 Å². The second-order valence-electron chi connectivity index (χ2n) is 10.5. The van der Waals surface area contributed by atoms with Crippen molar-refractivity contribution in [3.8, 4) is 11.1 Å². The Morgan fingerprint density at radius 2 is 1.71 bits per heavy atom. The molecule has 1 aromatic heterocycles. The molecule has 2 N–H and O–H groups in total. The summed E-state index contributed by atoms with van der Waals surface area (Å²) in [5.41, 5.74) is 9.37. The van der Waals surface area contributed by atoms with Gasteiger partial charge in [-0.15, -0.1) is 0 Å². The number of amidine groups is 1. The molecule has 0 bridgehead atoms. The average molecular weight is 580 g/mol. The van der Waals surface area contributed by atoms with Crippen LogP contribution in [0.25, 0.3) is 28.1 Å². The maximum absolute atomic E-state index is 13.3. The highest BCUT2D eigenvalue weighted by Crippen LogP contribution is 2.33. The van der Waals surface area contributed by atoms with Crippen LogP contribution < -0.4 is 17.0 Å². The van der Waals surface area contributed by atoms with Gasteiger partial charge in [-0.3, -0.25) is 18.7 Å². The number of carbonyl (C=O) groups excluding carboxylic acids is 1. The molecule has 2 aromatic carbocycles. The van der Waals surface area contributed by atoms with Gasteiger partial charge < -0.3 is 10.6 Å². The highest BCUT2D eigenvalue weighted by molar-refractivity contribution is 7.90. The molecule has 11 heteroatoms. The van der Waals surface area contributed by atoms with E-state index in [-0.39, 0.29) is 31.0 Å². The van der Waals surface area contributed by atoms with Gasteiger partial charge in [-0.25, -0.2) is 18.2 Å². The monoisotopic (exact) mass is 579 g/mol. The van der Waals surface area contributed by atoms with Gasteiger partial charge in [0, 0.05) is 50.5 Å². The first-order chi connectivity index (χ1) is 19.4. The van der Waals surface area contributed by atoms with Crippen LogP contribution in [0.15, 0.2) is 56.6 Å². The van der Waals surface area contributed by atoms with Crippen LogP contribution in [0.2, 0.25) is 0 Å². The minimum atomic E-state index is -3.20. The van der Waals surface area contributed by atoms with Gasteiger partial charge in [0.05, 0.1) is 22.3 Å². The van der Waals surface area contributed by atoms with Crippen molar-refractivity contribution in [1.82, 2.24) is 14.0 Å². The first-order valence-corrected chi connectivity index (χ1v) is 15.9. The van der Waals surface area contributed by atoms with E-state index in [1.54, 1.807) is 25.2 Å². The molecule has 0 aliphatic carbocycles. The minimum absolute atomic E-state index is 0.0210. The topological polar surface area (TPSA) is 137 Å². The van der Waals surface area contributed by atoms with Crippen molar-refractivity contribution in [3.05, 3.63) is 68.4 Å². The number of nitrogens with zero attached hydrogens (tertiary/aromatic N) is 4. The molecular formula is C30H37N5O5S. The minimum Gasteiger partial charge on any atom is -0.387 e. The molecule has 41 heavy (non-hydrogen) atoms. The summed E-state index contributed by atoms with van der Waals surface area (Å²) in [5.74, 6) is 0.220. The molecule has 1 aliphatic heterocycles. The molecule has 10 nitrogen and oxygen atoms in total. The summed E-state index contributed by atoms with van der Waals surface area (Å²) >= 11 is 0. The number of aromatic nitrogens is 2. The molecule has 0 fully saturated rings. The summed E-state index contributed by atoms with van der Waals surface area (Å²) in [6, 6.07) is 11.0. The van der Waals surface area contributed by atoms with Gasteiger partial charge in [-0.2, -0.15) is 0 Å². The van der Waals surface area contributed by atoms with Gasteiger partial charge in [0.1, 0.15) is 15.7 Å². The number of nitrogens with two attached hydrogens (primary N) is 1. The van der Waals surface area contributed by atoms with Crippen LogP contribution in [0.5, 0.6) is 0 Å². The number of amides is 1. The van der Waals surface area contributed by atoms with E-state index in [4.69, 9.17) is 5.73 Å². The molecule has 0 saturated heterocycles. The maximum atomic E-state index is 13.3. The maximum Gasteiger partial charge on any atom is 0.331 e. The first kappa shape index (κ1) is 30.0. The van der Waals surface area contributed by atoms with Gasteiger partial charge in [0.25, 0.3) is 5.56 Å². The van der Waals surface area contributed by atoms with Crippen molar-refractivity contribution in [3.63, 3.8) is 0 Å². The Bertz CT molecular complexity index is 1780. The number of hydrogen-bond acceptors (Lipinski definition) is 7. The number of hydrogen-bond donors (Lipinski definition) is 1. The lowest BCUT2D eigenvalue weighted by Gasteiger charge is -2.22. The van der Waals surface area contributed by atoms with Gasteiger partial charge in [-0.05, 0) is 54.7 Å². The van der Waals surface area contributed by atoms with Crippen molar-refractivity contribution in [2.75, 3.05) is 25.1 Å². The molecule has 0 radical (unpaired) electrons. The third-order valence-corrected chi connectivity index (χ3v) is 8.16. The van der Waals surface area contributed by atoms with Crippen LogP contribution in [0.1, 0.15) is 45.1 Å². The molecule has 0 unspecified atom stereocenters. The van der Waals surface area contributed by atoms with Gasteiger partial charge in [0.2, 0.25) is 5.91 Å². The predicted molar refractivity (Wildman–Crippen MR) is 164 cm³/mol. The molecule has 2 heterocycles. The fourth-order valence-corrected chi connectivity index (χ4v) is 5.79. The van der Waals surface area contributed by atoms with Crippen molar-refractivity contribution in [1.29, 1.82) is 0 Å². The summed E-state index contributed by atoms with van der Waals surface area (Å²) in [5, 5.41) is 0.363. The number of aliphatic imine (C=N–C) groups is 1. The standard InChI is InChI=1S/C30H37N5O5S/c1-5-12-34(13-6-2)28(36)23-16-22-9-8-20(17-25(22)32-27(31)19-23)21-10-11-24-26(18-21)33(3)30(38)35(29(24)37)14-7-15-41(4,39)40/h8-11,16-18H,5-7,12-15,19H2,1-4H3,(H2,31,32). The van der Waals surface area contributed by atoms with E-state index in [1.165, 1.54) is 4.57 Å². The van der Waals surface area contributed by atoms with Crippen molar-refractivity contribution < 1.29 is 13.2 Å². The molecule has 1 amide bonds. The van der Waals surface area contributed by atoms with Crippen LogP contribution >= 0.6 is 0 Å². The van der Waals surface area contributed by atoms with Crippen LogP contribution in [0.4, 0.5) is 5.69 Å².